The molecule has 1 N–H and O–H groups in total. The maximum absolute atomic E-state index is 11.6. The maximum Gasteiger partial charge on any atom is 0.329 e. The number of esters is 1. The summed E-state index contributed by atoms with van der Waals surface area (Å²) in [5.41, 5.74) is 1.19. The summed E-state index contributed by atoms with van der Waals surface area (Å²) < 4.78 is 4.72. The van der Waals surface area contributed by atoms with Gasteiger partial charge in [-0.3, -0.25) is 4.79 Å². The zero-order chi connectivity index (χ0) is 14.3. The normalized spacial score (nSPS) is 13.4. The number of rotatable bonds is 6. The highest BCUT2D eigenvalue weighted by Crippen LogP contribution is 2.20. The van der Waals surface area contributed by atoms with Crippen molar-refractivity contribution in [1.29, 1.82) is 0 Å². The van der Waals surface area contributed by atoms with Crippen LogP contribution in [0.1, 0.15) is 19.4 Å². The van der Waals surface area contributed by atoms with Crippen LogP contribution in [0.2, 0.25) is 0 Å². The summed E-state index contributed by atoms with van der Waals surface area (Å²) in [6.07, 6.45) is 0. The molecule has 2 atom stereocenters. The van der Waals surface area contributed by atoms with Crippen molar-refractivity contribution >= 4 is 23.6 Å². The highest BCUT2D eigenvalue weighted by atomic mass is 32.2. The Morgan fingerprint density at radius 1 is 1.32 bits per heavy atom. The number of carbonyl (C=O) groups is 2. The first-order valence-corrected chi connectivity index (χ1v) is 7.10. The number of benzene rings is 1. The Balaban J connectivity index is 2.59. The Morgan fingerprint density at radius 3 is 2.47 bits per heavy atom. The molecule has 104 valence electrons. The van der Waals surface area contributed by atoms with Crippen LogP contribution in [0.25, 0.3) is 0 Å². The minimum absolute atomic E-state index is 0.0587. The number of hydrogen-bond acceptors (Lipinski definition) is 4. The zero-order valence-corrected chi connectivity index (χ0v) is 12.2. The number of nitrogens with one attached hydrogen (secondary N) is 1. The van der Waals surface area contributed by atoms with Crippen LogP contribution in [0, 0.1) is 0 Å². The van der Waals surface area contributed by atoms with Gasteiger partial charge < -0.3 is 10.1 Å². The number of carbonyl (C=O) groups excluding carboxylic acids is 2. The van der Waals surface area contributed by atoms with Crippen molar-refractivity contribution in [3.05, 3.63) is 35.9 Å². The van der Waals surface area contributed by atoms with Crippen LogP contribution >= 0.6 is 11.8 Å². The third-order valence-electron chi connectivity index (χ3n) is 2.64. The van der Waals surface area contributed by atoms with E-state index in [-0.39, 0.29) is 11.2 Å². The van der Waals surface area contributed by atoms with Gasteiger partial charge in [0.1, 0.15) is 6.04 Å². The van der Waals surface area contributed by atoms with Crippen LogP contribution in [-0.2, 0) is 20.1 Å². The first-order chi connectivity index (χ1) is 9.04. The van der Waals surface area contributed by atoms with Gasteiger partial charge in [-0.2, -0.15) is 11.8 Å². The lowest BCUT2D eigenvalue weighted by Gasteiger charge is -2.21. The molecule has 0 fully saturated rings. The van der Waals surface area contributed by atoms with Crippen LogP contribution < -0.4 is 5.32 Å². The summed E-state index contributed by atoms with van der Waals surface area (Å²) in [6, 6.07) is 9.37. The molecule has 0 spiro atoms. The molecule has 1 aromatic rings. The minimum atomic E-state index is -0.615. The first kappa shape index (κ1) is 15.6. The van der Waals surface area contributed by atoms with E-state index in [1.807, 2.05) is 37.3 Å². The maximum atomic E-state index is 11.6. The summed E-state index contributed by atoms with van der Waals surface area (Å²) >= 11 is 1.61. The fraction of sp³-hybridized carbons (Fsp3) is 0.429. The molecule has 1 amide bonds. The number of ether oxygens (including phenoxy) is 1. The van der Waals surface area contributed by atoms with Crippen molar-refractivity contribution in [3.8, 4) is 0 Å². The van der Waals surface area contributed by atoms with Gasteiger partial charge in [0.15, 0.2) is 0 Å². The Kier molecular flexibility index (Phi) is 6.42. The number of hydrogen-bond donors (Lipinski definition) is 1. The second-order valence-corrected chi connectivity index (χ2v) is 5.57. The van der Waals surface area contributed by atoms with E-state index in [9.17, 15) is 9.59 Å². The van der Waals surface area contributed by atoms with Gasteiger partial charge in [0.05, 0.1) is 7.11 Å². The molecule has 0 saturated heterocycles. The first-order valence-electron chi connectivity index (χ1n) is 6.05. The largest absolute Gasteiger partial charge is 0.467 e. The van der Waals surface area contributed by atoms with E-state index in [2.05, 4.69) is 5.32 Å². The average molecular weight is 281 g/mol. The summed E-state index contributed by atoms with van der Waals surface area (Å²) in [5.74, 6) is 0.139. The smallest absolute Gasteiger partial charge is 0.329 e. The van der Waals surface area contributed by atoms with E-state index >= 15 is 0 Å². The van der Waals surface area contributed by atoms with Gasteiger partial charge >= 0.3 is 5.97 Å². The Morgan fingerprint density at radius 2 is 1.95 bits per heavy atom. The fourth-order valence-electron chi connectivity index (χ4n) is 1.61. The van der Waals surface area contributed by atoms with E-state index in [1.54, 1.807) is 11.8 Å². The second-order valence-electron chi connectivity index (χ2n) is 4.20. The standard InChI is InChI=1S/C14H19NO3S/c1-10(13(14(17)18-3)15-11(2)16)19-9-12-7-5-4-6-8-12/h4-8,10,13H,9H2,1-3H3,(H,15,16)/t10-,13-/m1/s1. The van der Waals surface area contributed by atoms with Crippen LogP contribution in [0.5, 0.6) is 0 Å². The van der Waals surface area contributed by atoms with Crippen LogP contribution in [-0.4, -0.2) is 30.3 Å². The molecular formula is C14H19NO3S. The van der Waals surface area contributed by atoms with Crippen molar-refractivity contribution in [2.75, 3.05) is 7.11 Å². The van der Waals surface area contributed by atoms with Crippen molar-refractivity contribution < 1.29 is 14.3 Å². The van der Waals surface area contributed by atoms with E-state index in [0.717, 1.165) is 5.75 Å². The van der Waals surface area contributed by atoms with Crippen LogP contribution in [0.3, 0.4) is 0 Å². The SMILES string of the molecule is COC(=O)[C@H](NC(C)=O)[C@@H](C)SCc1ccccc1. The lowest BCUT2D eigenvalue weighted by molar-refractivity contribution is -0.144. The molecule has 0 aliphatic heterocycles. The van der Waals surface area contributed by atoms with E-state index in [0.29, 0.717) is 0 Å². The van der Waals surface area contributed by atoms with E-state index in [4.69, 9.17) is 4.74 Å². The highest BCUT2D eigenvalue weighted by Gasteiger charge is 2.26. The molecule has 4 nitrogen and oxygen atoms in total. The zero-order valence-electron chi connectivity index (χ0n) is 11.4. The van der Waals surface area contributed by atoms with Crippen molar-refractivity contribution in [2.24, 2.45) is 0 Å². The summed E-state index contributed by atoms with van der Waals surface area (Å²) in [5, 5.41) is 2.57. The average Bonchev–Trinajstić information content (AvgIpc) is 2.42. The summed E-state index contributed by atoms with van der Waals surface area (Å²) in [7, 11) is 1.33. The molecule has 1 rings (SSSR count). The van der Waals surface area contributed by atoms with E-state index < -0.39 is 12.0 Å². The summed E-state index contributed by atoms with van der Waals surface area (Å²) in [4.78, 5) is 22.8. The third-order valence-corrected chi connectivity index (χ3v) is 3.94. The topological polar surface area (TPSA) is 55.4 Å². The molecule has 1 aromatic carbocycles. The van der Waals surface area contributed by atoms with E-state index in [1.165, 1.54) is 19.6 Å². The Hall–Kier alpha value is -1.49. The predicted molar refractivity (Wildman–Crippen MR) is 76.8 cm³/mol. The Labute approximate surface area is 117 Å². The van der Waals surface area contributed by atoms with Gasteiger partial charge in [0.2, 0.25) is 5.91 Å². The quantitative estimate of drug-likeness (QED) is 0.810. The predicted octanol–water partition coefficient (Wildman–Crippen LogP) is 1.99. The third kappa shape index (κ3) is 5.34. The molecule has 0 saturated carbocycles. The van der Waals surface area contributed by atoms with Gasteiger partial charge in [-0.15, -0.1) is 0 Å². The fourth-order valence-corrected chi connectivity index (χ4v) is 2.63. The van der Waals surface area contributed by atoms with Gasteiger partial charge in [0.25, 0.3) is 0 Å². The highest BCUT2D eigenvalue weighted by molar-refractivity contribution is 7.99. The van der Waals surface area contributed by atoms with Gasteiger partial charge in [0, 0.05) is 17.9 Å². The molecular weight excluding hydrogens is 262 g/mol. The number of amides is 1. The second kappa shape index (κ2) is 7.84. The molecule has 5 heteroatoms. The molecule has 0 heterocycles. The lowest BCUT2D eigenvalue weighted by Crippen LogP contribution is -2.46. The number of methoxy groups -OCH3 is 1. The molecule has 0 unspecified atom stereocenters. The lowest BCUT2D eigenvalue weighted by atomic mass is 10.2. The monoisotopic (exact) mass is 281 g/mol. The molecule has 0 bridgehead atoms. The molecule has 19 heavy (non-hydrogen) atoms. The van der Waals surface area contributed by atoms with Gasteiger partial charge in [-0.25, -0.2) is 4.79 Å². The van der Waals surface area contributed by atoms with Gasteiger partial charge in [-0.05, 0) is 5.56 Å². The van der Waals surface area contributed by atoms with Crippen molar-refractivity contribution in [2.45, 2.75) is 30.9 Å². The van der Waals surface area contributed by atoms with Crippen molar-refractivity contribution in [1.82, 2.24) is 5.32 Å². The van der Waals surface area contributed by atoms with Crippen molar-refractivity contribution in [3.63, 3.8) is 0 Å². The Bertz CT molecular complexity index is 422. The molecule has 0 aliphatic carbocycles. The summed E-state index contributed by atoms with van der Waals surface area (Å²) in [6.45, 7) is 3.30. The van der Waals surface area contributed by atoms with Gasteiger partial charge in [-0.1, -0.05) is 37.3 Å². The minimum Gasteiger partial charge on any atom is -0.467 e. The molecule has 0 aliphatic rings. The molecule has 0 radical (unpaired) electrons. The van der Waals surface area contributed by atoms with Crippen LogP contribution in [0.15, 0.2) is 30.3 Å². The van der Waals surface area contributed by atoms with Crippen LogP contribution in [0.4, 0.5) is 0 Å². The molecule has 0 aromatic heterocycles. The number of thioether (sulfide) groups is 1.